The van der Waals surface area contributed by atoms with Crippen LogP contribution in [-0.4, -0.2) is 5.91 Å². The highest BCUT2D eigenvalue weighted by Gasteiger charge is 2.11. The molecule has 0 aromatic heterocycles. The summed E-state index contributed by atoms with van der Waals surface area (Å²) in [6.07, 6.45) is 2.29. The van der Waals surface area contributed by atoms with Crippen LogP contribution in [0.4, 0.5) is 0 Å². The maximum atomic E-state index is 10.4. The van der Waals surface area contributed by atoms with Gasteiger partial charge in [-0.2, -0.15) is 0 Å². The topological polar surface area (TPSA) is 43.1 Å². The van der Waals surface area contributed by atoms with Gasteiger partial charge in [0.15, 0.2) is 0 Å². The second kappa shape index (κ2) is 2.95. The molecule has 0 unspecified atom stereocenters. The first-order valence-electron chi connectivity index (χ1n) is 4.19. The number of aryl methyl sites for hydroxylation is 2. The molecule has 0 saturated heterocycles. The maximum absolute atomic E-state index is 10.4. The summed E-state index contributed by atoms with van der Waals surface area (Å²) < 4.78 is 0. The maximum Gasteiger partial charge on any atom is 0.293 e. The number of nitrogens with two attached hydrogens (primary N) is 1. The molecule has 0 bridgehead atoms. The normalized spacial score (nSPS) is 12.0. The van der Waals surface area contributed by atoms with E-state index in [1.54, 1.807) is 0 Å². The van der Waals surface area contributed by atoms with Gasteiger partial charge in [-0.05, 0) is 42.0 Å². The SMILES string of the molecule is NC(=O)C#Cc1ccc2c(c1)CC2. The molecule has 0 saturated carbocycles. The van der Waals surface area contributed by atoms with Crippen LogP contribution in [0.25, 0.3) is 0 Å². The smallest absolute Gasteiger partial charge is 0.293 e. The first-order valence-corrected chi connectivity index (χ1v) is 4.19. The number of benzene rings is 1. The number of hydrogen-bond donors (Lipinski definition) is 1. The summed E-state index contributed by atoms with van der Waals surface area (Å²) in [5.74, 6) is 4.46. The highest BCUT2D eigenvalue weighted by atomic mass is 16.1. The van der Waals surface area contributed by atoms with Crippen molar-refractivity contribution in [3.8, 4) is 11.8 Å². The third kappa shape index (κ3) is 1.54. The van der Waals surface area contributed by atoms with E-state index in [1.165, 1.54) is 17.5 Å². The summed E-state index contributed by atoms with van der Waals surface area (Å²) in [5.41, 5.74) is 8.52. The summed E-state index contributed by atoms with van der Waals surface area (Å²) in [6, 6.07) is 6.01. The first kappa shape index (κ1) is 7.88. The van der Waals surface area contributed by atoms with Crippen molar-refractivity contribution in [1.82, 2.24) is 0 Å². The van der Waals surface area contributed by atoms with E-state index in [1.807, 2.05) is 12.1 Å². The third-order valence-corrected chi connectivity index (χ3v) is 2.20. The lowest BCUT2D eigenvalue weighted by atomic mass is 9.87. The molecule has 2 heteroatoms. The number of hydrogen-bond acceptors (Lipinski definition) is 1. The van der Waals surface area contributed by atoms with E-state index >= 15 is 0 Å². The van der Waals surface area contributed by atoms with Crippen molar-refractivity contribution in [3.05, 3.63) is 34.9 Å². The highest BCUT2D eigenvalue weighted by Crippen LogP contribution is 2.23. The zero-order valence-electron chi connectivity index (χ0n) is 7.13. The molecule has 1 aliphatic rings. The van der Waals surface area contributed by atoms with Gasteiger partial charge >= 0.3 is 0 Å². The Morgan fingerprint density at radius 1 is 1.31 bits per heavy atom. The van der Waals surface area contributed by atoms with Gasteiger partial charge in [-0.3, -0.25) is 4.79 Å². The van der Waals surface area contributed by atoms with Gasteiger partial charge in [-0.1, -0.05) is 12.0 Å². The molecule has 0 fully saturated rings. The van der Waals surface area contributed by atoms with Crippen molar-refractivity contribution in [2.45, 2.75) is 12.8 Å². The molecule has 0 aliphatic heterocycles. The number of primary amides is 1. The Morgan fingerprint density at radius 2 is 2.08 bits per heavy atom. The number of carbonyl (C=O) groups excluding carboxylic acids is 1. The minimum absolute atomic E-state index is 0.581. The van der Waals surface area contributed by atoms with E-state index in [0.717, 1.165) is 12.0 Å². The number of fused-ring (bicyclic) bond motifs is 1. The number of carbonyl (C=O) groups is 1. The van der Waals surface area contributed by atoms with Crippen LogP contribution in [0.15, 0.2) is 18.2 Å². The van der Waals surface area contributed by atoms with Gasteiger partial charge in [-0.15, -0.1) is 0 Å². The molecule has 1 aromatic rings. The van der Waals surface area contributed by atoms with Gasteiger partial charge in [-0.25, -0.2) is 0 Å². The van der Waals surface area contributed by atoms with E-state index in [0.29, 0.717) is 0 Å². The van der Waals surface area contributed by atoms with Gasteiger partial charge in [0.1, 0.15) is 0 Å². The lowest BCUT2D eigenvalue weighted by Crippen LogP contribution is -2.08. The highest BCUT2D eigenvalue weighted by molar-refractivity contribution is 5.92. The zero-order valence-corrected chi connectivity index (χ0v) is 7.13. The second-order valence-corrected chi connectivity index (χ2v) is 3.10. The van der Waals surface area contributed by atoms with Gasteiger partial charge in [0.2, 0.25) is 0 Å². The minimum Gasteiger partial charge on any atom is -0.359 e. The van der Waals surface area contributed by atoms with Crippen LogP contribution in [-0.2, 0) is 17.6 Å². The number of rotatable bonds is 0. The molecule has 0 radical (unpaired) electrons. The molecular weight excluding hydrogens is 162 g/mol. The van der Waals surface area contributed by atoms with Crippen LogP contribution in [0.2, 0.25) is 0 Å². The molecular formula is C11H9NO. The van der Waals surface area contributed by atoms with Crippen LogP contribution in [0.5, 0.6) is 0 Å². The summed E-state index contributed by atoms with van der Waals surface area (Å²) in [5, 5.41) is 0. The predicted octanol–water partition coefficient (Wildman–Crippen LogP) is 0.622. The van der Waals surface area contributed by atoms with E-state index < -0.39 is 5.91 Å². The van der Waals surface area contributed by atoms with Crippen LogP contribution in [0.3, 0.4) is 0 Å². The lowest BCUT2D eigenvalue weighted by Gasteiger charge is -2.17. The Hall–Kier alpha value is -1.75. The standard InChI is InChI=1S/C11H9NO/c12-11(13)6-2-8-1-3-9-4-5-10(9)7-8/h1,3,7H,4-5H2,(H2,12,13). The molecule has 1 aromatic carbocycles. The Kier molecular flexibility index (Phi) is 1.79. The molecule has 2 rings (SSSR count). The summed E-state index contributed by atoms with van der Waals surface area (Å²) in [7, 11) is 0. The van der Waals surface area contributed by atoms with Gasteiger partial charge in [0, 0.05) is 5.56 Å². The Morgan fingerprint density at radius 3 is 2.62 bits per heavy atom. The van der Waals surface area contributed by atoms with E-state index in [2.05, 4.69) is 17.9 Å². The molecule has 2 N–H and O–H groups in total. The average molecular weight is 171 g/mol. The van der Waals surface area contributed by atoms with Crippen molar-refractivity contribution in [1.29, 1.82) is 0 Å². The summed E-state index contributed by atoms with van der Waals surface area (Å²) in [4.78, 5) is 10.4. The Labute approximate surface area is 76.8 Å². The molecule has 0 heterocycles. The average Bonchev–Trinajstić information content (AvgIpc) is 2.05. The Balaban J connectivity index is 2.29. The van der Waals surface area contributed by atoms with Crippen molar-refractivity contribution >= 4 is 5.91 Å². The molecule has 13 heavy (non-hydrogen) atoms. The molecule has 2 nitrogen and oxygen atoms in total. The monoisotopic (exact) mass is 171 g/mol. The largest absolute Gasteiger partial charge is 0.359 e. The van der Waals surface area contributed by atoms with Crippen LogP contribution >= 0.6 is 0 Å². The minimum atomic E-state index is -0.581. The fourth-order valence-corrected chi connectivity index (χ4v) is 1.41. The molecule has 1 amide bonds. The van der Waals surface area contributed by atoms with Crippen molar-refractivity contribution in [2.24, 2.45) is 5.73 Å². The van der Waals surface area contributed by atoms with Crippen LogP contribution in [0.1, 0.15) is 16.7 Å². The second-order valence-electron chi connectivity index (χ2n) is 3.10. The quantitative estimate of drug-likeness (QED) is 0.571. The fourth-order valence-electron chi connectivity index (χ4n) is 1.41. The third-order valence-electron chi connectivity index (χ3n) is 2.20. The van der Waals surface area contributed by atoms with Crippen molar-refractivity contribution < 1.29 is 4.79 Å². The molecule has 64 valence electrons. The summed E-state index contributed by atoms with van der Waals surface area (Å²) in [6.45, 7) is 0. The Bertz CT molecular complexity index is 423. The summed E-state index contributed by atoms with van der Waals surface area (Å²) >= 11 is 0. The molecule has 1 aliphatic carbocycles. The van der Waals surface area contributed by atoms with Crippen molar-refractivity contribution in [3.63, 3.8) is 0 Å². The molecule has 0 atom stereocenters. The van der Waals surface area contributed by atoms with Crippen LogP contribution in [0, 0.1) is 11.8 Å². The van der Waals surface area contributed by atoms with E-state index in [-0.39, 0.29) is 0 Å². The van der Waals surface area contributed by atoms with Crippen LogP contribution < -0.4 is 5.73 Å². The van der Waals surface area contributed by atoms with E-state index in [9.17, 15) is 4.79 Å². The lowest BCUT2D eigenvalue weighted by molar-refractivity contribution is -0.112. The van der Waals surface area contributed by atoms with E-state index in [4.69, 9.17) is 5.73 Å². The van der Waals surface area contributed by atoms with Crippen molar-refractivity contribution in [2.75, 3.05) is 0 Å². The fraction of sp³-hybridized carbons (Fsp3) is 0.182. The van der Waals surface area contributed by atoms with Gasteiger partial charge in [0.05, 0.1) is 0 Å². The molecule has 0 spiro atoms. The van der Waals surface area contributed by atoms with Gasteiger partial charge in [0.25, 0.3) is 5.91 Å². The van der Waals surface area contributed by atoms with Gasteiger partial charge < -0.3 is 5.73 Å². The number of amides is 1. The zero-order chi connectivity index (χ0) is 9.26. The predicted molar refractivity (Wildman–Crippen MR) is 49.9 cm³/mol. The first-order chi connectivity index (χ1) is 6.25.